The van der Waals surface area contributed by atoms with Gasteiger partial charge in [-0.1, -0.05) is 48.5 Å². The number of aromatic amines is 1. The lowest BCUT2D eigenvalue weighted by Gasteiger charge is -2.04. The minimum Gasteiger partial charge on any atom is -0.461 e. The van der Waals surface area contributed by atoms with Gasteiger partial charge in [-0.25, -0.2) is 0 Å². The van der Waals surface area contributed by atoms with Gasteiger partial charge in [-0.05, 0) is 23.6 Å². The first-order valence-corrected chi connectivity index (χ1v) is 6.99. The lowest BCUT2D eigenvalue weighted by molar-refractivity contribution is -0.144. The van der Waals surface area contributed by atoms with Crippen LogP contribution in [-0.2, 0) is 22.6 Å². The molecule has 0 unspecified atom stereocenters. The highest BCUT2D eigenvalue weighted by molar-refractivity contribution is 5.89. The van der Waals surface area contributed by atoms with Crippen LogP contribution in [0, 0.1) is 6.92 Å². The number of carbonyl (C=O) groups excluding carboxylic acids is 1. The Morgan fingerprint density at radius 1 is 1.10 bits per heavy atom. The zero-order valence-corrected chi connectivity index (χ0v) is 11.9. The summed E-state index contributed by atoms with van der Waals surface area (Å²) >= 11 is 0. The van der Waals surface area contributed by atoms with Crippen molar-refractivity contribution in [3.63, 3.8) is 0 Å². The fraction of sp³-hybridized carbons (Fsp3) is 0.167. The largest absolute Gasteiger partial charge is 0.461 e. The van der Waals surface area contributed by atoms with Crippen molar-refractivity contribution in [1.29, 1.82) is 0 Å². The normalized spacial score (nSPS) is 10.7. The minimum atomic E-state index is -0.207. The van der Waals surface area contributed by atoms with Crippen molar-refractivity contribution in [3.05, 3.63) is 71.4 Å². The Morgan fingerprint density at radius 3 is 2.71 bits per heavy atom. The molecule has 1 heterocycles. The SMILES string of the molecule is Cc1cccc2c(CC(=O)OCc3ccccc3)c[nH]c12. The maximum absolute atomic E-state index is 12.0. The third kappa shape index (κ3) is 2.97. The highest BCUT2D eigenvalue weighted by Gasteiger charge is 2.10. The number of rotatable bonds is 4. The van der Waals surface area contributed by atoms with Crippen LogP contribution in [0.3, 0.4) is 0 Å². The Hall–Kier alpha value is -2.55. The quantitative estimate of drug-likeness (QED) is 0.739. The van der Waals surface area contributed by atoms with Crippen molar-refractivity contribution in [2.75, 3.05) is 0 Å². The molecule has 0 aliphatic heterocycles. The average Bonchev–Trinajstić information content (AvgIpc) is 2.91. The van der Waals surface area contributed by atoms with Crippen molar-refractivity contribution in [3.8, 4) is 0 Å². The number of H-pyrrole nitrogens is 1. The van der Waals surface area contributed by atoms with Crippen LogP contribution in [-0.4, -0.2) is 11.0 Å². The predicted octanol–water partition coefficient (Wildman–Crippen LogP) is 3.76. The van der Waals surface area contributed by atoms with Gasteiger partial charge in [0, 0.05) is 17.1 Å². The number of fused-ring (bicyclic) bond motifs is 1. The molecule has 2 aromatic carbocycles. The molecule has 1 aromatic heterocycles. The van der Waals surface area contributed by atoms with Crippen LogP contribution in [0.2, 0.25) is 0 Å². The van der Waals surface area contributed by atoms with E-state index in [-0.39, 0.29) is 12.4 Å². The number of aromatic nitrogens is 1. The second kappa shape index (κ2) is 5.83. The van der Waals surface area contributed by atoms with E-state index in [0.29, 0.717) is 6.61 Å². The maximum atomic E-state index is 12.0. The molecule has 3 nitrogen and oxygen atoms in total. The number of para-hydroxylation sites is 1. The van der Waals surface area contributed by atoms with E-state index in [0.717, 1.165) is 22.0 Å². The van der Waals surface area contributed by atoms with Crippen molar-refractivity contribution < 1.29 is 9.53 Å². The van der Waals surface area contributed by atoms with E-state index in [1.165, 1.54) is 5.56 Å². The van der Waals surface area contributed by atoms with Gasteiger partial charge in [-0.2, -0.15) is 0 Å². The molecular formula is C18H17NO2. The van der Waals surface area contributed by atoms with Crippen LogP contribution >= 0.6 is 0 Å². The molecule has 0 saturated carbocycles. The lowest BCUT2D eigenvalue weighted by Crippen LogP contribution is -2.07. The summed E-state index contributed by atoms with van der Waals surface area (Å²) in [5.41, 5.74) is 4.24. The van der Waals surface area contributed by atoms with Gasteiger partial charge < -0.3 is 9.72 Å². The highest BCUT2D eigenvalue weighted by Crippen LogP contribution is 2.21. The number of aryl methyl sites for hydroxylation is 1. The second-order valence-corrected chi connectivity index (χ2v) is 5.13. The fourth-order valence-corrected chi connectivity index (χ4v) is 2.45. The van der Waals surface area contributed by atoms with Crippen LogP contribution in [0.1, 0.15) is 16.7 Å². The van der Waals surface area contributed by atoms with Crippen LogP contribution in [0.25, 0.3) is 10.9 Å². The molecule has 0 amide bonds. The molecule has 3 rings (SSSR count). The van der Waals surface area contributed by atoms with Crippen LogP contribution in [0.5, 0.6) is 0 Å². The van der Waals surface area contributed by atoms with Gasteiger partial charge in [-0.3, -0.25) is 4.79 Å². The Morgan fingerprint density at radius 2 is 1.90 bits per heavy atom. The van der Waals surface area contributed by atoms with E-state index in [1.54, 1.807) is 0 Å². The molecule has 21 heavy (non-hydrogen) atoms. The Balaban J connectivity index is 1.68. The molecule has 0 spiro atoms. The van der Waals surface area contributed by atoms with Crippen molar-refractivity contribution in [1.82, 2.24) is 4.98 Å². The number of benzene rings is 2. The maximum Gasteiger partial charge on any atom is 0.310 e. The molecule has 1 N–H and O–H groups in total. The van der Waals surface area contributed by atoms with Crippen molar-refractivity contribution in [2.24, 2.45) is 0 Å². The zero-order chi connectivity index (χ0) is 14.7. The lowest BCUT2D eigenvalue weighted by atomic mass is 10.1. The molecule has 3 aromatic rings. The Kier molecular flexibility index (Phi) is 3.73. The average molecular weight is 279 g/mol. The topological polar surface area (TPSA) is 42.1 Å². The third-order valence-corrected chi connectivity index (χ3v) is 3.59. The smallest absolute Gasteiger partial charge is 0.310 e. The first-order valence-electron chi connectivity index (χ1n) is 6.99. The number of hydrogen-bond donors (Lipinski definition) is 1. The van der Waals surface area contributed by atoms with Crippen LogP contribution < -0.4 is 0 Å². The molecule has 3 heteroatoms. The van der Waals surface area contributed by atoms with Crippen molar-refractivity contribution >= 4 is 16.9 Å². The second-order valence-electron chi connectivity index (χ2n) is 5.13. The molecule has 0 atom stereocenters. The number of hydrogen-bond acceptors (Lipinski definition) is 2. The molecule has 106 valence electrons. The van der Waals surface area contributed by atoms with Crippen LogP contribution in [0.15, 0.2) is 54.7 Å². The van der Waals surface area contributed by atoms with Gasteiger partial charge in [0.1, 0.15) is 6.61 Å². The van der Waals surface area contributed by atoms with Gasteiger partial charge in [0.2, 0.25) is 0 Å². The van der Waals surface area contributed by atoms with E-state index >= 15 is 0 Å². The minimum absolute atomic E-state index is 0.207. The Labute approximate surface area is 123 Å². The molecule has 0 aliphatic carbocycles. The first kappa shape index (κ1) is 13.4. The van der Waals surface area contributed by atoms with E-state index in [4.69, 9.17) is 4.74 Å². The van der Waals surface area contributed by atoms with E-state index in [1.807, 2.05) is 48.7 Å². The van der Waals surface area contributed by atoms with Gasteiger partial charge in [0.15, 0.2) is 0 Å². The summed E-state index contributed by atoms with van der Waals surface area (Å²) in [5, 5.41) is 1.09. The number of nitrogens with one attached hydrogen (secondary N) is 1. The molecule has 0 aliphatic rings. The zero-order valence-electron chi connectivity index (χ0n) is 11.9. The summed E-state index contributed by atoms with van der Waals surface area (Å²) in [6.07, 6.45) is 2.18. The predicted molar refractivity (Wildman–Crippen MR) is 83.0 cm³/mol. The summed E-state index contributed by atoms with van der Waals surface area (Å²) in [6, 6.07) is 15.8. The standard InChI is InChI=1S/C18H17NO2/c1-13-6-5-9-16-15(11-19-18(13)16)10-17(20)21-12-14-7-3-2-4-8-14/h2-9,11,19H,10,12H2,1H3. The van der Waals surface area contributed by atoms with E-state index in [2.05, 4.69) is 18.0 Å². The summed E-state index contributed by atoms with van der Waals surface area (Å²) < 4.78 is 5.33. The number of esters is 1. The van der Waals surface area contributed by atoms with E-state index < -0.39 is 0 Å². The molecule has 0 fully saturated rings. The molecule has 0 bridgehead atoms. The molecule has 0 radical (unpaired) electrons. The Bertz CT molecular complexity index is 759. The van der Waals surface area contributed by atoms with Gasteiger partial charge >= 0.3 is 5.97 Å². The van der Waals surface area contributed by atoms with Gasteiger partial charge in [0.05, 0.1) is 6.42 Å². The molecular weight excluding hydrogens is 262 g/mol. The highest BCUT2D eigenvalue weighted by atomic mass is 16.5. The first-order chi connectivity index (χ1) is 10.2. The van der Waals surface area contributed by atoms with Crippen LogP contribution in [0.4, 0.5) is 0 Å². The summed E-state index contributed by atoms with van der Waals surface area (Å²) in [7, 11) is 0. The number of ether oxygens (including phenoxy) is 1. The fourth-order valence-electron chi connectivity index (χ4n) is 2.45. The number of carbonyl (C=O) groups is 1. The molecule has 0 saturated heterocycles. The van der Waals surface area contributed by atoms with E-state index in [9.17, 15) is 4.79 Å². The third-order valence-electron chi connectivity index (χ3n) is 3.59. The van der Waals surface area contributed by atoms with Gasteiger partial charge in [-0.15, -0.1) is 0 Å². The summed E-state index contributed by atoms with van der Waals surface area (Å²) in [4.78, 5) is 15.2. The van der Waals surface area contributed by atoms with Gasteiger partial charge in [0.25, 0.3) is 0 Å². The monoisotopic (exact) mass is 279 g/mol. The summed E-state index contributed by atoms with van der Waals surface area (Å²) in [6.45, 7) is 2.37. The van der Waals surface area contributed by atoms with Crippen molar-refractivity contribution in [2.45, 2.75) is 20.0 Å². The summed E-state index contributed by atoms with van der Waals surface area (Å²) in [5.74, 6) is -0.207.